The zero-order valence-electron chi connectivity index (χ0n) is 11.3. The number of methoxy groups -OCH3 is 1. The van der Waals surface area contributed by atoms with Crippen LogP contribution in [-0.4, -0.2) is 48.9 Å². The Morgan fingerprint density at radius 2 is 2.40 bits per heavy atom. The van der Waals surface area contributed by atoms with Gasteiger partial charge in [0, 0.05) is 20.6 Å². The molecule has 0 radical (unpaired) electrons. The van der Waals surface area contributed by atoms with Gasteiger partial charge in [0.1, 0.15) is 5.82 Å². The third-order valence-electron chi connectivity index (χ3n) is 3.21. The van der Waals surface area contributed by atoms with Gasteiger partial charge >= 0.3 is 0 Å². The molecule has 0 aromatic carbocycles. The van der Waals surface area contributed by atoms with Crippen LogP contribution in [0, 0.1) is 0 Å². The lowest BCUT2D eigenvalue weighted by molar-refractivity contribution is 0.0667. The molecule has 1 amide bonds. The van der Waals surface area contributed by atoms with Crippen LogP contribution in [0.3, 0.4) is 0 Å². The van der Waals surface area contributed by atoms with Gasteiger partial charge in [-0.25, -0.2) is 4.68 Å². The number of carbonyl (C=O) groups is 1. The van der Waals surface area contributed by atoms with Crippen LogP contribution in [0.5, 0.6) is 0 Å². The van der Waals surface area contributed by atoms with Gasteiger partial charge in [0.05, 0.1) is 18.8 Å². The quantitative estimate of drug-likeness (QED) is 0.821. The molecule has 3 rings (SSSR count). The molecule has 9 nitrogen and oxygen atoms in total. The largest absolute Gasteiger partial charge is 0.380 e. The molecule has 2 aromatic heterocycles. The maximum atomic E-state index is 11.9. The minimum atomic E-state index is -0.371. The summed E-state index contributed by atoms with van der Waals surface area (Å²) in [6.07, 6.45) is 3.37. The number of aromatic nitrogens is 6. The topological polar surface area (TPSA) is 99.8 Å². The van der Waals surface area contributed by atoms with Crippen LogP contribution in [0.2, 0.25) is 0 Å². The molecule has 0 fully saturated rings. The first-order valence-electron chi connectivity index (χ1n) is 6.30. The van der Waals surface area contributed by atoms with Crippen molar-refractivity contribution in [3.05, 3.63) is 17.7 Å². The van der Waals surface area contributed by atoms with E-state index >= 15 is 0 Å². The number of nitrogens with zero attached hydrogens (tertiary/aromatic N) is 6. The molecule has 0 spiro atoms. The van der Waals surface area contributed by atoms with Gasteiger partial charge in [-0.1, -0.05) is 5.21 Å². The highest BCUT2D eigenvalue weighted by Gasteiger charge is 2.22. The van der Waals surface area contributed by atoms with Crippen molar-refractivity contribution in [1.29, 1.82) is 0 Å². The summed E-state index contributed by atoms with van der Waals surface area (Å²) in [5.74, 6) is 0.768. The molecular weight excluding hydrogens is 262 g/mol. The fraction of sp³-hybridized carbons (Fsp3) is 0.545. The third-order valence-corrected chi connectivity index (χ3v) is 3.21. The normalized spacial score (nSPS) is 17.8. The highest BCUT2D eigenvalue weighted by atomic mass is 16.5. The van der Waals surface area contributed by atoms with E-state index in [1.807, 2.05) is 0 Å². The van der Waals surface area contributed by atoms with Gasteiger partial charge in [0.25, 0.3) is 5.91 Å². The Morgan fingerprint density at radius 3 is 3.10 bits per heavy atom. The van der Waals surface area contributed by atoms with Crippen molar-refractivity contribution in [3.8, 4) is 0 Å². The van der Waals surface area contributed by atoms with Gasteiger partial charge in [-0.2, -0.15) is 4.98 Å². The number of hydrogen-bond acceptors (Lipinski definition) is 6. The van der Waals surface area contributed by atoms with Gasteiger partial charge in [-0.05, 0) is 6.42 Å². The molecule has 0 aliphatic carbocycles. The fourth-order valence-corrected chi connectivity index (χ4v) is 2.14. The molecule has 0 saturated carbocycles. The first kappa shape index (κ1) is 12.7. The summed E-state index contributed by atoms with van der Waals surface area (Å²) in [7, 11) is 3.38. The zero-order valence-corrected chi connectivity index (χ0v) is 11.3. The van der Waals surface area contributed by atoms with E-state index in [-0.39, 0.29) is 23.7 Å². The first-order valence-corrected chi connectivity index (χ1v) is 6.30. The van der Waals surface area contributed by atoms with E-state index < -0.39 is 0 Å². The highest BCUT2D eigenvalue weighted by Crippen LogP contribution is 2.16. The second-order valence-corrected chi connectivity index (χ2v) is 4.66. The minimum Gasteiger partial charge on any atom is -0.380 e. The zero-order chi connectivity index (χ0) is 14.1. The smallest absolute Gasteiger partial charge is 0.280 e. The first-order chi connectivity index (χ1) is 9.65. The molecule has 0 bridgehead atoms. The van der Waals surface area contributed by atoms with Crippen LogP contribution >= 0.6 is 0 Å². The minimum absolute atomic E-state index is 0.146. The second-order valence-electron chi connectivity index (χ2n) is 4.66. The molecule has 106 valence electrons. The maximum absolute atomic E-state index is 11.9. The summed E-state index contributed by atoms with van der Waals surface area (Å²) < 4.78 is 8.54. The summed E-state index contributed by atoms with van der Waals surface area (Å²) in [5.41, 5.74) is 0.232. The molecule has 20 heavy (non-hydrogen) atoms. The van der Waals surface area contributed by atoms with E-state index in [2.05, 4.69) is 25.7 Å². The summed E-state index contributed by atoms with van der Waals surface area (Å²) >= 11 is 0. The molecule has 9 heteroatoms. The van der Waals surface area contributed by atoms with E-state index in [1.54, 1.807) is 18.8 Å². The number of hydrogen-bond donors (Lipinski definition) is 1. The van der Waals surface area contributed by atoms with Crippen LogP contribution in [0.25, 0.3) is 0 Å². The second kappa shape index (κ2) is 5.00. The summed E-state index contributed by atoms with van der Waals surface area (Å²) in [4.78, 5) is 16.2. The van der Waals surface area contributed by atoms with Gasteiger partial charge in [0.15, 0.2) is 5.69 Å². The average molecular weight is 277 g/mol. The standard InChI is InChI=1S/C11H15N7O2/c1-17-6-8(14-16-17)10(19)13-11-12-9-4-3-7(20-2)5-18(9)15-11/h6-7H,3-5H2,1-2H3,(H,13,15,19). The van der Waals surface area contributed by atoms with Gasteiger partial charge in [-0.3, -0.25) is 14.8 Å². The monoisotopic (exact) mass is 277 g/mol. The van der Waals surface area contributed by atoms with Crippen LogP contribution in [-0.2, 0) is 24.8 Å². The Balaban J connectivity index is 1.73. The fourth-order valence-electron chi connectivity index (χ4n) is 2.14. The van der Waals surface area contributed by atoms with Crippen molar-refractivity contribution in [2.75, 3.05) is 12.4 Å². The Bertz CT molecular complexity index is 633. The Labute approximate surface area is 114 Å². The third kappa shape index (κ3) is 2.39. The van der Waals surface area contributed by atoms with Crippen molar-refractivity contribution in [2.45, 2.75) is 25.5 Å². The number of ether oxygens (including phenoxy) is 1. The molecule has 3 heterocycles. The lowest BCUT2D eigenvalue weighted by atomic mass is 10.1. The molecule has 1 atom stereocenters. The predicted octanol–water partition coefficient (Wildman–Crippen LogP) is -0.380. The number of amides is 1. The van der Waals surface area contributed by atoms with E-state index in [1.165, 1.54) is 10.9 Å². The lowest BCUT2D eigenvalue weighted by Gasteiger charge is -2.20. The number of anilines is 1. The van der Waals surface area contributed by atoms with Crippen molar-refractivity contribution in [1.82, 2.24) is 29.8 Å². The lowest BCUT2D eigenvalue weighted by Crippen LogP contribution is -2.26. The molecule has 2 aromatic rings. The Morgan fingerprint density at radius 1 is 1.55 bits per heavy atom. The van der Waals surface area contributed by atoms with E-state index in [9.17, 15) is 4.79 Å². The summed E-state index contributed by atoms with van der Waals surface area (Å²) in [5, 5.41) is 14.3. The number of fused-ring (bicyclic) bond motifs is 1. The van der Waals surface area contributed by atoms with Crippen LogP contribution in [0.4, 0.5) is 5.95 Å². The number of carbonyl (C=O) groups excluding carboxylic acids is 1. The SMILES string of the molecule is COC1CCc2nc(NC(=O)c3cn(C)nn3)nn2C1. The maximum Gasteiger partial charge on any atom is 0.280 e. The number of nitrogens with one attached hydrogen (secondary N) is 1. The van der Waals surface area contributed by atoms with Crippen molar-refractivity contribution >= 4 is 11.9 Å². The van der Waals surface area contributed by atoms with Crippen molar-refractivity contribution in [3.63, 3.8) is 0 Å². The van der Waals surface area contributed by atoms with Gasteiger partial charge in [-0.15, -0.1) is 10.2 Å². The van der Waals surface area contributed by atoms with E-state index in [4.69, 9.17) is 4.74 Å². The van der Waals surface area contributed by atoms with Crippen LogP contribution < -0.4 is 5.32 Å². The molecular formula is C11H15N7O2. The highest BCUT2D eigenvalue weighted by molar-refractivity contribution is 6.01. The average Bonchev–Trinajstić information content (AvgIpc) is 3.03. The predicted molar refractivity (Wildman–Crippen MR) is 68.1 cm³/mol. The molecule has 1 unspecified atom stereocenters. The number of aryl methyl sites for hydroxylation is 2. The van der Waals surface area contributed by atoms with Gasteiger partial charge in [0.2, 0.25) is 5.95 Å². The van der Waals surface area contributed by atoms with Crippen LogP contribution in [0.1, 0.15) is 22.7 Å². The van der Waals surface area contributed by atoms with E-state index in [0.29, 0.717) is 6.54 Å². The Hall–Kier alpha value is -2.29. The van der Waals surface area contributed by atoms with E-state index in [0.717, 1.165) is 18.7 Å². The summed E-state index contributed by atoms with van der Waals surface area (Å²) in [6.45, 7) is 0.653. The molecule has 0 saturated heterocycles. The Kier molecular flexibility index (Phi) is 3.18. The molecule has 1 aliphatic heterocycles. The molecule has 1 aliphatic rings. The van der Waals surface area contributed by atoms with Gasteiger partial charge < -0.3 is 4.74 Å². The number of rotatable bonds is 3. The molecule has 1 N–H and O–H groups in total. The van der Waals surface area contributed by atoms with Crippen molar-refractivity contribution < 1.29 is 9.53 Å². The summed E-state index contributed by atoms with van der Waals surface area (Å²) in [6, 6.07) is 0. The van der Waals surface area contributed by atoms with Crippen LogP contribution in [0.15, 0.2) is 6.20 Å². The van der Waals surface area contributed by atoms with Crippen molar-refractivity contribution in [2.24, 2.45) is 7.05 Å².